The SMILES string of the molecule is CCNC(=S)OCC1OCC(O)C1O. The first-order chi connectivity index (χ1) is 6.65. The molecule has 1 heterocycles. The molecule has 0 aromatic rings. The van der Waals surface area contributed by atoms with Gasteiger partial charge < -0.3 is 25.0 Å². The van der Waals surface area contributed by atoms with Crippen LogP contribution in [0.4, 0.5) is 0 Å². The van der Waals surface area contributed by atoms with E-state index in [0.29, 0.717) is 6.54 Å². The monoisotopic (exact) mass is 221 g/mol. The van der Waals surface area contributed by atoms with Crippen molar-refractivity contribution >= 4 is 17.4 Å². The summed E-state index contributed by atoms with van der Waals surface area (Å²) in [6.07, 6.45) is -2.21. The molecule has 0 aromatic heterocycles. The minimum atomic E-state index is -0.889. The molecule has 1 aliphatic heterocycles. The van der Waals surface area contributed by atoms with E-state index in [1.165, 1.54) is 0 Å². The van der Waals surface area contributed by atoms with E-state index in [1.807, 2.05) is 6.92 Å². The summed E-state index contributed by atoms with van der Waals surface area (Å²) in [5.41, 5.74) is 0. The normalized spacial score (nSPS) is 31.5. The van der Waals surface area contributed by atoms with E-state index in [-0.39, 0.29) is 18.4 Å². The summed E-state index contributed by atoms with van der Waals surface area (Å²) in [6.45, 7) is 2.89. The van der Waals surface area contributed by atoms with Crippen LogP contribution in [0.5, 0.6) is 0 Å². The maximum atomic E-state index is 9.38. The van der Waals surface area contributed by atoms with Crippen molar-refractivity contribution in [2.75, 3.05) is 19.8 Å². The largest absolute Gasteiger partial charge is 0.468 e. The van der Waals surface area contributed by atoms with Gasteiger partial charge in [0, 0.05) is 6.54 Å². The zero-order valence-electron chi connectivity index (χ0n) is 7.97. The molecule has 1 fully saturated rings. The standard InChI is InChI=1S/C8H15NO4S/c1-2-9-8(14)13-4-6-7(11)5(10)3-12-6/h5-7,10-11H,2-4H2,1H3,(H,9,14). The molecule has 0 saturated carbocycles. The predicted octanol–water partition coefficient (Wildman–Crippen LogP) is -0.982. The average Bonchev–Trinajstić information content (AvgIpc) is 2.46. The van der Waals surface area contributed by atoms with E-state index in [1.54, 1.807) is 0 Å². The number of aliphatic hydroxyl groups excluding tert-OH is 2. The third-order valence-electron chi connectivity index (χ3n) is 1.96. The van der Waals surface area contributed by atoms with E-state index in [2.05, 4.69) is 5.32 Å². The van der Waals surface area contributed by atoms with Crippen LogP contribution in [-0.2, 0) is 9.47 Å². The number of hydrogen-bond donors (Lipinski definition) is 3. The summed E-state index contributed by atoms with van der Waals surface area (Å²) in [5, 5.41) is 21.6. The van der Waals surface area contributed by atoms with Gasteiger partial charge in [-0.15, -0.1) is 0 Å². The van der Waals surface area contributed by atoms with Crippen LogP contribution < -0.4 is 5.32 Å². The Morgan fingerprint density at radius 3 is 2.86 bits per heavy atom. The van der Waals surface area contributed by atoms with Crippen molar-refractivity contribution in [3.8, 4) is 0 Å². The lowest BCUT2D eigenvalue weighted by Crippen LogP contribution is -2.35. The number of hydrogen-bond acceptors (Lipinski definition) is 5. The van der Waals surface area contributed by atoms with Crippen LogP contribution >= 0.6 is 12.2 Å². The average molecular weight is 221 g/mol. The molecule has 6 heteroatoms. The van der Waals surface area contributed by atoms with Gasteiger partial charge in [-0.3, -0.25) is 0 Å². The Kier molecular flexibility index (Phi) is 4.53. The lowest BCUT2D eigenvalue weighted by Gasteiger charge is -2.15. The van der Waals surface area contributed by atoms with E-state index in [4.69, 9.17) is 26.8 Å². The van der Waals surface area contributed by atoms with Crippen molar-refractivity contribution in [3.05, 3.63) is 0 Å². The van der Waals surface area contributed by atoms with Gasteiger partial charge in [-0.2, -0.15) is 0 Å². The molecule has 0 amide bonds. The molecule has 3 unspecified atom stereocenters. The molecule has 0 aliphatic carbocycles. The Morgan fingerprint density at radius 2 is 2.36 bits per heavy atom. The van der Waals surface area contributed by atoms with Crippen molar-refractivity contribution in [2.24, 2.45) is 0 Å². The summed E-state index contributed by atoms with van der Waals surface area (Å²) in [4.78, 5) is 0. The molecule has 1 saturated heterocycles. The van der Waals surface area contributed by atoms with Gasteiger partial charge in [-0.05, 0) is 19.1 Å². The molecule has 82 valence electrons. The van der Waals surface area contributed by atoms with Crippen LogP contribution in [0.15, 0.2) is 0 Å². The van der Waals surface area contributed by atoms with Gasteiger partial charge in [-0.1, -0.05) is 0 Å². The smallest absolute Gasteiger partial charge is 0.256 e. The number of nitrogens with one attached hydrogen (secondary N) is 1. The molecule has 0 bridgehead atoms. The molecule has 0 radical (unpaired) electrons. The second kappa shape index (κ2) is 5.45. The van der Waals surface area contributed by atoms with Crippen LogP contribution in [0.1, 0.15) is 6.92 Å². The Morgan fingerprint density at radius 1 is 1.64 bits per heavy atom. The van der Waals surface area contributed by atoms with Gasteiger partial charge >= 0.3 is 0 Å². The first-order valence-corrected chi connectivity index (χ1v) is 4.94. The van der Waals surface area contributed by atoms with Crippen LogP contribution in [0.2, 0.25) is 0 Å². The Balaban J connectivity index is 2.22. The molecule has 1 aliphatic rings. The molecule has 1 rings (SSSR count). The Labute approximate surface area is 88.0 Å². The lowest BCUT2D eigenvalue weighted by molar-refractivity contribution is -0.00285. The first kappa shape index (κ1) is 11.6. The summed E-state index contributed by atoms with van der Waals surface area (Å²) >= 11 is 4.82. The quantitative estimate of drug-likeness (QED) is 0.532. The predicted molar refractivity (Wildman–Crippen MR) is 54.0 cm³/mol. The molecule has 0 aromatic carbocycles. The molecule has 0 spiro atoms. The minimum absolute atomic E-state index is 0.142. The summed E-state index contributed by atoms with van der Waals surface area (Å²) in [7, 11) is 0. The molecular formula is C8H15NO4S. The fourth-order valence-electron chi connectivity index (χ4n) is 1.17. The van der Waals surface area contributed by atoms with E-state index >= 15 is 0 Å². The number of thiocarbonyl (C=S) groups is 1. The highest BCUT2D eigenvalue weighted by Gasteiger charge is 2.35. The number of ether oxygens (including phenoxy) is 2. The first-order valence-electron chi connectivity index (χ1n) is 4.53. The van der Waals surface area contributed by atoms with Gasteiger partial charge in [0.25, 0.3) is 5.17 Å². The molecule has 3 atom stereocenters. The maximum Gasteiger partial charge on any atom is 0.256 e. The molecule has 5 nitrogen and oxygen atoms in total. The molecule has 3 N–H and O–H groups in total. The van der Waals surface area contributed by atoms with Crippen molar-refractivity contribution in [1.29, 1.82) is 0 Å². The van der Waals surface area contributed by atoms with E-state index < -0.39 is 18.3 Å². The highest BCUT2D eigenvalue weighted by Crippen LogP contribution is 2.14. The second-order valence-corrected chi connectivity index (χ2v) is 3.43. The van der Waals surface area contributed by atoms with Crippen molar-refractivity contribution in [1.82, 2.24) is 5.32 Å². The topological polar surface area (TPSA) is 71.0 Å². The van der Waals surface area contributed by atoms with Crippen LogP contribution in [0.25, 0.3) is 0 Å². The fraction of sp³-hybridized carbons (Fsp3) is 0.875. The van der Waals surface area contributed by atoms with Crippen molar-refractivity contribution < 1.29 is 19.7 Å². The van der Waals surface area contributed by atoms with Gasteiger partial charge in [-0.25, -0.2) is 0 Å². The molecular weight excluding hydrogens is 206 g/mol. The third kappa shape index (κ3) is 3.06. The fourth-order valence-corrected chi connectivity index (χ4v) is 1.38. The maximum absolute atomic E-state index is 9.38. The van der Waals surface area contributed by atoms with Crippen LogP contribution in [0, 0.1) is 0 Å². The van der Waals surface area contributed by atoms with Crippen LogP contribution in [0.3, 0.4) is 0 Å². The van der Waals surface area contributed by atoms with Crippen molar-refractivity contribution in [3.63, 3.8) is 0 Å². The zero-order chi connectivity index (χ0) is 10.6. The number of aliphatic hydroxyl groups is 2. The minimum Gasteiger partial charge on any atom is -0.468 e. The highest BCUT2D eigenvalue weighted by atomic mass is 32.1. The Bertz CT molecular complexity index is 202. The van der Waals surface area contributed by atoms with Gasteiger partial charge in [0.1, 0.15) is 24.9 Å². The van der Waals surface area contributed by atoms with Crippen LogP contribution in [-0.4, -0.2) is 53.5 Å². The van der Waals surface area contributed by atoms with E-state index in [9.17, 15) is 5.11 Å². The van der Waals surface area contributed by atoms with Gasteiger partial charge in [0.05, 0.1) is 6.61 Å². The third-order valence-corrected chi connectivity index (χ3v) is 2.22. The second-order valence-electron chi connectivity index (χ2n) is 3.06. The summed E-state index contributed by atoms with van der Waals surface area (Å²) < 4.78 is 10.2. The summed E-state index contributed by atoms with van der Waals surface area (Å²) in [6, 6.07) is 0. The Hall–Kier alpha value is -0.430. The number of rotatable bonds is 3. The van der Waals surface area contributed by atoms with Crippen molar-refractivity contribution in [2.45, 2.75) is 25.2 Å². The lowest BCUT2D eigenvalue weighted by atomic mass is 10.2. The van der Waals surface area contributed by atoms with Gasteiger partial charge in [0.15, 0.2) is 0 Å². The van der Waals surface area contributed by atoms with E-state index in [0.717, 1.165) is 0 Å². The van der Waals surface area contributed by atoms with Gasteiger partial charge in [0.2, 0.25) is 0 Å². The molecule has 14 heavy (non-hydrogen) atoms. The highest BCUT2D eigenvalue weighted by molar-refractivity contribution is 7.80. The summed E-state index contributed by atoms with van der Waals surface area (Å²) in [5.74, 6) is 0. The zero-order valence-corrected chi connectivity index (χ0v) is 8.79.